The summed E-state index contributed by atoms with van der Waals surface area (Å²) in [7, 11) is 4.33. The number of carbonyl (C=O) groups is 1. The lowest BCUT2D eigenvalue weighted by molar-refractivity contribution is -0.118. The summed E-state index contributed by atoms with van der Waals surface area (Å²) >= 11 is 1.54. The minimum absolute atomic E-state index is 0.137. The van der Waals surface area contributed by atoms with Gasteiger partial charge < -0.3 is 9.64 Å². The van der Waals surface area contributed by atoms with Gasteiger partial charge in [0.25, 0.3) is 0 Å². The molecular weight excluding hydrogens is 523 g/mol. The van der Waals surface area contributed by atoms with Crippen molar-refractivity contribution in [1.29, 1.82) is 0 Å². The number of piperidine rings is 1. The van der Waals surface area contributed by atoms with Gasteiger partial charge in [0.1, 0.15) is 11.5 Å². The quantitative estimate of drug-likeness (QED) is 0.215. The smallest absolute Gasteiger partial charge is 0.166 e. The summed E-state index contributed by atoms with van der Waals surface area (Å²) in [5, 5.41) is 0. The summed E-state index contributed by atoms with van der Waals surface area (Å²) in [6, 6.07) is 13.5. The Kier molecular flexibility index (Phi) is 7.91. The second kappa shape index (κ2) is 11.7. The van der Waals surface area contributed by atoms with E-state index in [1.54, 1.807) is 24.4 Å². The normalized spacial score (nSPS) is 16.6. The van der Waals surface area contributed by atoms with E-state index in [1.165, 1.54) is 35.8 Å². The number of benzene rings is 1. The summed E-state index contributed by atoms with van der Waals surface area (Å²) in [5.74, 6) is 0.924. The fraction of sp³-hybridized carbons (Fsp3) is 0.406. The number of pyridine rings is 2. The molecule has 8 heteroatoms. The van der Waals surface area contributed by atoms with E-state index in [0.29, 0.717) is 29.7 Å². The van der Waals surface area contributed by atoms with Crippen LogP contribution in [0.25, 0.3) is 20.8 Å². The summed E-state index contributed by atoms with van der Waals surface area (Å²) in [6.45, 7) is 3.13. The molecule has 0 unspecified atom stereocenters. The first-order valence-corrected chi connectivity index (χ1v) is 14.9. The van der Waals surface area contributed by atoms with Crippen LogP contribution in [0.3, 0.4) is 0 Å². The first kappa shape index (κ1) is 27.0. The van der Waals surface area contributed by atoms with Crippen molar-refractivity contribution in [2.75, 3.05) is 27.2 Å². The zero-order valence-corrected chi connectivity index (χ0v) is 23.9. The number of rotatable bonds is 10. The SMILES string of the molecule is CN(C)C1CCN(Cc2ccc(-c3cc4nccc(Oc5ccc(CC(=O)CC6CC6)cc5F)c4s3)nc2)CC1. The molecule has 4 aromatic rings. The van der Waals surface area contributed by atoms with E-state index >= 15 is 0 Å². The third-order valence-electron chi connectivity index (χ3n) is 7.98. The van der Waals surface area contributed by atoms with Gasteiger partial charge in [-0.25, -0.2) is 4.39 Å². The first-order chi connectivity index (χ1) is 19.4. The Morgan fingerprint density at radius 3 is 2.52 bits per heavy atom. The number of nitrogens with zero attached hydrogens (tertiary/aromatic N) is 4. The van der Waals surface area contributed by atoms with E-state index in [1.807, 2.05) is 12.3 Å². The predicted octanol–water partition coefficient (Wildman–Crippen LogP) is 6.73. The van der Waals surface area contributed by atoms with Gasteiger partial charge in [-0.2, -0.15) is 0 Å². The molecule has 0 atom stereocenters. The molecule has 6 nitrogen and oxygen atoms in total. The van der Waals surface area contributed by atoms with Gasteiger partial charge in [-0.3, -0.25) is 19.7 Å². The molecule has 0 bridgehead atoms. The Morgan fingerprint density at radius 2 is 1.82 bits per heavy atom. The third kappa shape index (κ3) is 6.40. The van der Waals surface area contributed by atoms with Crippen LogP contribution < -0.4 is 4.74 Å². The molecule has 4 heterocycles. The van der Waals surface area contributed by atoms with E-state index in [4.69, 9.17) is 9.72 Å². The van der Waals surface area contributed by atoms with E-state index in [2.05, 4.69) is 41.0 Å². The number of hydrogen-bond acceptors (Lipinski definition) is 7. The van der Waals surface area contributed by atoms with Crippen molar-refractivity contribution < 1.29 is 13.9 Å². The Balaban J connectivity index is 1.13. The number of ketones is 1. The number of ether oxygens (including phenoxy) is 1. The van der Waals surface area contributed by atoms with Crippen LogP contribution in [0, 0.1) is 11.7 Å². The molecule has 1 saturated carbocycles. The van der Waals surface area contributed by atoms with Crippen molar-refractivity contribution in [3.05, 3.63) is 71.8 Å². The highest BCUT2D eigenvalue weighted by Crippen LogP contribution is 2.39. The maximum atomic E-state index is 14.9. The fourth-order valence-electron chi connectivity index (χ4n) is 5.44. The molecule has 1 aliphatic carbocycles. The van der Waals surface area contributed by atoms with Crippen molar-refractivity contribution >= 4 is 27.3 Å². The molecule has 0 amide bonds. The Bertz CT molecular complexity index is 1490. The van der Waals surface area contributed by atoms with E-state index in [9.17, 15) is 9.18 Å². The average molecular weight is 559 g/mol. The van der Waals surface area contributed by atoms with E-state index < -0.39 is 5.82 Å². The van der Waals surface area contributed by atoms with Crippen molar-refractivity contribution in [2.24, 2.45) is 5.92 Å². The van der Waals surface area contributed by atoms with Crippen molar-refractivity contribution in [3.8, 4) is 22.1 Å². The molecule has 1 aromatic carbocycles. The van der Waals surface area contributed by atoms with E-state index in [-0.39, 0.29) is 18.0 Å². The number of hydrogen-bond donors (Lipinski definition) is 0. The summed E-state index contributed by atoms with van der Waals surface area (Å²) in [5.41, 5.74) is 3.56. The minimum atomic E-state index is -0.471. The van der Waals surface area contributed by atoms with Gasteiger partial charge in [0.15, 0.2) is 11.6 Å². The molecule has 2 aliphatic rings. The number of likely N-dealkylation sites (tertiary alicyclic amines) is 1. The van der Waals surface area contributed by atoms with Crippen molar-refractivity contribution in [1.82, 2.24) is 19.8 Å². The number of fused-ring (bicyclic) bond motifs is 1. The largest absolute Gasteiger partial charge is 0.453 e. The molecular formula is C32H35FN4O2S. The maximum absolute atomic E-state index is 14.9. The standard InChI is InChI=1S/C32H35FN4O2S/c1-36(2)24-10-13-37(14-11-24)20-23-5-7-27(35-19-23)31-18-28-32(40-31)30(9-12-34-28)39-29-8-6-22(17-26(29)33)16-25(38)15-21-3-4-21/h5-9,12,17-19,21,24H,3-4,10-11,13-16,20H2,1-2H3. The predicted molar refractivity (Wildman–Crippen MR) is 157 cm³/mol. The molecule has 1 saturated heterocycles. The van der Waals surface area contributed by atoms with Crippen LogP contribution >= 0.6 is 11.3 Å². The molecule has 208 valence electrons. The molecule has 2 fully saturated rings. The van der Waals surface area contributed by atoms with Gasteiger partial charge >= 0.3 is 0 Å². The number of thiophene rings is 1. The van der Waals surface area contributed by atoms with Gasteiger partial charge in [0, 0.05) is 43.9 Å². The van der Waals surface area contributed by atoms with E-state index in [0.717, 1.165) is 53.3 Å². The van der Waals surface area contributed by atoms with Crippen LogP contribution in [0.1, 0.15) is 43.2 Å². The van der Waals surface area contributed by atoms with Gasteiger partial charge in [-0.05, 0) is 94.2 Å². The lowest BCUT2D eigenvalue weighted by Crippen LogP contribution is -2.41. The number of carbonyl (C=O) groups excluding carboxylic acids is 1. The summed E-state index contributed by atoms with van der Waals surface area (Å²) in [6.07, 6.45) is 9.18. The monoisotopic (exact) mass is 558 g/mol. The van der Waals surface area contributed by atoms with Crippen molar-refractivity contribution in [3.63, 3.8) is 0 Å². The molecule has 6 rings (SSSR count). The van der Waals surface area contributed by atoms with Crippen LogP contribution in [0.4, 0.5) is 4.39 Å². The Morgan fingerprint density at radius 1 is 1.02 bits per heavy atom. The highest BCUT2D eigenvalue weighted by Gasteiger charge is 2.24. The van der Waals surface area contributed by atoms with Crippen LogP contribution in [0.5, 0.6) is 11.5 Å². The highest BCUT2D eigenvalue weighted by molar-refractivity contribution is 7.22. The fourth-order valence-corrected chi connectivity index (χ4v) is 6.48. The lowest BCUT2D eigenvalue weighted by Gasteiger charge is -2.35. The van der Waals surface area contributed by atoms with Crippen LogP contribution in [-0.4, -0.2) is 58.8 Å². The van der Waals surface area contributed by atoms with Crippen LogP contribution in [-0.2, 0) is 17.8 Å². The van der Waals surface area contributed by atoms with Gasteiger partial charge in [0.05, 0.1) is 20.8 Å². The molecule has 0 spiro atoms. The summed E-state index contributed by atoms with van der Waals surface area (Å²) in [4.78, 5) is 27.3. The van der Waals surface area contributed by atoms with Gasteiger partial charge in [0.2, 0.25) is 0 Å². The number of aromatic nitrogens is 2. The van der Waals surface area contributed by atoms with Gasteiger partial charge in [-0.15, -0.1) is 11.3 Å². The summed E-state index contributed by atoms with van der Waals surface area (Å²) < 4.78 is 21.8. The topological polar surface area (TPSA) is 58.6 Å². The van der Waals surface area contributed by atoms with Crippen LogP contribution in [0.15, 0.2) is 54.9 Å². The molecule has 3 aromatic heterocycles. The second-order valence-corrected chi connectivity index (χ2v) is 12.4. The Hall–Kier alpha value is -3.20. The van der Waals surface area contributed by atoms with Crippen LogP contribution in [0.2, 0.25) is 0 Å². The molecule has 0 N–H and O–H groups in total. The van der Waals surface area contributed by atoms with Crippen molar-refractivity contribution in [2.45, 2.75) is 51.1 Å². The second-order valence-electron chi connectivity index (χ2n) is 11.4. The van der Waals surface area contributed by atoms with Gasteiger partial charge in [-0.1, -0.05) is 12.1 Å². The highest BCUT2D eigenvalue weighted by atomic mass is 32.1. The minimum Gasteiger partial charge on any atom is -0.453 e. The molecule has 1 aliphatic heterocycles. The molecule has 0 radical (unpaired) electrons. The molecule has 40 heavy (non-hydrogen) atoms. The lowest BCUT2D eigenvalue weighted by atomic mass is 10.0. The average Bonchev–Trinajstić information content (AvgIpc) is 3.64. The number of Topliss-reactive ketones (excluding diaryl/α,β-unsaturated/α-hetero) is 1. The maximum Gasteiger partial charge on any atom is 0.166 e. The number of halogens is 1. The third-order valence-corrected chi connectivity index (χ3v) is 9.14. The zero-order valence-electron chi connectivity index (χ0n) is 23.1. The first-order valence-electron chi connectivity index (χ1n) is 14.1. The Labute approximate surface area is 238 Å². The zero-order chi connectivity index (χ0) is 27.6.